The first-order chi connectivity index (χ1) is 11.0. The van der Waals surface area contributed by atoms with Crippen LogP contribution in [0.1, 0.15) is 43.6 Å². The van der Waals surface area contributed by atoms with Gasteiger partial charge in [-0.2, -0.15) is 0 Å². The largest absolute Gasteiger partial charge is 0.481 e. The van der Waals surface area contributed by atoms with Crippen LogP contribution in [-0.2, 0) is 9.59 Å². The van der Waals surface area contributed by atoms with Gasteiger partial charge in [-0.15, -0.1) is 0 Å². The first kappa shape index (κ1) is 16.5. The topological polar surface area (TPSA) is 57.6 Å². The second-order valence-electron chi connectivity index (χ2n) is 6.70. The monoisotopic (exact) mass is 379 g/mol. The van der Waals surface area contributed by atoms with Crippen LogP contribution in [0.4, 0.5) is 0 Å². The smallest absolute Gasteiger partial charge is 0.306 e. The molecule has 0 spiro atoms. The van der Waals surface area contributed by atoms with Gasteiger partial charge >= 0.3 is 5.97 Å². The molecular formula is C18H22BrNO3. The van der Waals surface area contributed by atoms with Crippen molar-refractivity contribution in [1.29, 1.82) is 0 Å². The SMILES string of the molecule is O=C(O)[C@@H]1CC[C@H](C(=O)N2CCC(c3cccc(Br)c3)CC2)C1. The number of hydrogen-bond acceptors (Lipinski definition) is 2. The second-order valence-corrected chi connectivity index (χ2v) is 7.62. The first-order valence-electron chi connectivity index (χ1n) is 8.31. The number of carboxylic acid groups (broad SMARTS) is 1. The number of benzene rings is 1. The second kappa shape index (κ2) is 7.04. The minimum absolute atomic E-state index is 0.0847. The number of nitrogens with zero attached hydrogens (tertiary/aromatic N) is 1. The van der Waals surface area contributed by atoms with Crippen LogP contribution < -0.4 is 0 Å². The summed E-state index contributed by atoms with van der Waals surface area (Å²) in [5.41, 5.74) is 1.33. The normalized spacial score (nSPS) is 25.5. The van der Waals surface area contributed by atoms with Crippen LogP contribution in [0.2, 0.25) is 0 Å². The molecule has 1 amide bonds. The van der Waals surface area contributed by atoms with Gasteiger partial charge in [-0.1, -0.05) is 28.1 Å². The number of likely N-dealkylation sites (tertiary alicyclic amines) is 1. The maximum atomic E-state index is 12.6. The van der Waals surface area contributed by atoms with Crippen molar-refractivity contribution < 1.29 is 14.7 Å². The Kier molecular flexibility index (Phi) is 5.05. The Labute approximate surface area is 145 Å². The van der Waals surface area contributed by atoms with Gasteiger partial charge in [-0.3, -0.25) is 9.59 Å². The highest BCUT2D eigenvalue weighted by Crippen LogP contribution is 2.35. The zero-order valence-corrected chi connectivity index (χ0v) is 14.7. The molecule has 124 valence electrons. The Morgan fingerprint density at radius 2 is 1.78 bits per heavy atom. The summed E-state index contributed by atoms with van der Waals surface area (Å²) in [5, 5.41) is 9.08. The summed E-state index contributed by atoms with van der Waals surface area (Å²) in [6.45, 7) is 1.56. The highest BCUT2D eigenvalue weighted by molar-refractivity contribution is 9.10. The summed E-state index contributed by atoms with van der Waals surface area (Å²) in [4.78, 5) is 25.6. The predicted octanol–water partition coefficient (Wildman–Crippen LogP) is 3.66. The molecular weight excluding hydrogens is 358 g/mol. The van der Waals surface area contributed by atoms with Crippen LogP contribution in [-0.4, -0.2) is 35.0 Å². The van der Waals surface area contributed by atoms with Crippen LogP contribution in [0, 0.1) is 11.8 Å². The average Bonchev–Trinajstić information content (AvgIpc) is 3.04. The third kappa shape index (κ3) is 3.77. The number of hydrogen-bond donors (Lipinski definition) is 1. The van der Waals surface area contributed by atoms with Gasteiger partial charge in [0.15, 0.2) is 0 Å². The summed E-state index contributed by atoms with van der Waals surface area (Å²) >= 11 is 3.51. The van der Waals surface area contributed by atoms with Gasteiger partial charge < -0.3 is 10.0 Å². The van der Waals surface area contributed by atoms with Crippen LogP contribution in [0.25, 0.3) is 0 Å². The summed E-state index contributed by atoms with van der Waals surface area (Å²) in [6.07, 6.45) is 3.84. The molecule has 1 aromatic carbocycles. The van der Waals surface area contributed by atoms with Gasteiger partial charge in [0, 0.05) is 23.5 Å². The number of carbonyl (C=O) groups is 2. The molecule has 1 N–H and O–H groups in total. The van der Waals surface area contributed by atoms with Crippen molar-refractivity contribution in [3.05, 3.63) is 34.3 Å². The van der Waals surface area contributed by atoms with E-state index < -0.39 is 5.97 Å². The Morgan fingerprint density at radius 1 is 1.09 bits per heavy atom. The number of amides is 1. The Bertz CT molecular complexity index is 596. The number of aliphatic carboxylic acids is 1. The molecule has 23 heavy (non-hydrogen) atoms. The van der Waals surface area contributed by atoms with Crippen LogP contribution in [0.5, 0.6) is 0 Å². The maximum absolute atomic E-state index is 12.6. The highest BCUT2D eigenvalue weighted by atomic mass is 79.9. The molecule has 0 bridgehead atoms. The number of carboxylic acids is 1. The van der Waals surface area contributed by atoms with E-state index in [-0.39, 0.29) is 17.7 Å². The van der Waals surface area contributed by atoms with Gasteiger partial charge in [-0.25, -0.2) is 0 Å². The van der Waals surface area contributed by atoms with Gasteiger partial charge in [0.25, 0.3) is 0 Å². The molecule has 1 aliphatic heterocycles. The van der Waals surface area contributed by atoms with E-state index in [9.17, 15) is 9.59 Å². The lowest BCUT2D eigenvalue weighted by molar-refractivity contribution is -0.141. The highest BCUT2D eigenvalue weighted by Gasteiger charge is 2.36. The minimum atomic E-state index is -0.756. The van der Waals surface area contributed by atoms with E-state index in [1.165, 1.54) is 5.56 Å². The lowest BCUT2D eigenvalue weighted by atomic mass is 9.89. The Hall–Kier alpha value is -1.36. The fourth-order valence-corrected chi connectivity index (χ4v) is 4.30. The standard InChI is InChI=1S/C18H22BrNO3/c19-16-3-1-2-13(11-16)12-6-8-20(9-7-12)17(21)14-4-5-15(10-14)18(22)23/h1-3,11-12,14-15H,4-10H2,(H,22,23)/t14-,15+/m0/s1. The van der Waals surface area contributed by atoms with Crippen molar-refractivity contribution in [3.8, 4) is 0 Å². The molecule has 5 heteroatoms. The molecule has 1 aromatic rings. The fraction of sp³-hybridized carbons (Fsp3) is 0.556. The predicted molar refractivity (Wildman–Crippen MR) is 91.2 cm³/mol. The van der Waals surface area contributed by atoms with E-state index in [0.717, 1.165) is 36.8 Å². The molecule has 1 heterocycles. The lowest BCUT2D eigenvalue weighted by Crippen LogP contribution is -2.41. The molecule has 1 saturated carbocycles. The van der Waals surface area contributed by atoms with Crippen molar-refractivity contribution in [2.45, 2.75) is 38.0 Å². The molecule has 0 aromatic heterocycles. The number of rotatable bonds is 3. The molecule has 2 aliphatic rings. The van der Waals surface area contributed by atoms with Crippen molar-refractivity contribution in [2.24, 2.45) is 11.8 Å². The van der Waals surface area contributed by atoms with Gasteiger partial charge in [0.05, 0.1) is 5.92 Å². The molecule has 3 rings (SSSR count). The zero-order chi connectivity index (χ0) is 16.4. The first-order valence-corrected chi connectivity index (χ1v) is 9.11. The van der Waals surface area contributed by atoms with E-state index in [1.54, 1.807) is 0 Å². The summed E-state index contributed by atoms with van der Waals surface area (Å²) < 4.78 is 1.10. The van der Waals surface area contributed by atoms with Gasteiger partial charge in [0.2, 0.25) is 5.91 Å². The van der Waals surface area contributed by atoms with Crippen molar-refractivity contribution in [2.75, 3.05) is 13.1 Å². The minimum Gasteiger partial charge on any atom is -0.481 e. The molecule has 2 fully saturated rings. The van der Waals surface area contributed by atoms with E-state index in [0.29, 0.717) is 18.8 Å². The van der Waals surface area contributed by atoms with Crippen LogP contribution in [0.15, 0.2) is 28.7 Å². The van der Waals surface area contributed by atoms with Crippen LogP contribution in [0.3, 0.4) is 0 Å². The molecule has 1 aliphatic carbocycles. The Morgan fingerprint density at radius 3 is 2.39 bits per heavy atom. The summed E-state index contributed by atoms with van der Waals surface area (Å²) in [6, 6.07) is 8.40. The number of halogens is 1. The fourth-order valence-electron chi connectivity index (χ4n) is 3.88. The summed E-state index contributed by atoms with van der Waals surface area (Å²) in [5.74, 6) is -0.497. The quantitative estimate of drug-likeness (QED) is 0.871. The molecule has 1 saturated heterocycles. The van der Waals surface area contributed by atoms with Crippen molar-refractivity contribution in [1.82, 2.24) is 4.90 Å². The average molecular weight is 380 g/mol. The maximum Gasteiger partial charge on any atom is 0.306 e. The van der Waals surface area contributed by atoms with Crippen LogP contribution >= 0.6 is 15.9 Å². The Balaban J connectivity index is 1.55. The lowest BCUT2D eigenvalue weighted by Gasteiger charge is -2.34. The van der Waals surface area contributed by atoms with Crippen molar-refractivity contribution >= 4 is 27.8 Å². The molecule has 0 unspecified atom stereocenters. The van der Waals surface area contributed by atoms with E-state index in [4.69, 9.17) is 5.11 Å². The molecule has 0 radical (unpaired) electrons. The van der Waals surface area contributed by atoms with Crippen molar-refractivity contribution in [3.63, 3.8) is 0 Å². The third-order valence-electron chi connectivity index (χ3n) is 5.26. The van der Waals surface area contributed by atoms with Gasteiger partial charge in [0.1, 0.15) is 0 Å². The van der Waals surface area contributed by atoms with E-state index in [1.807, 2.05) is 11.0 Å². The third-order valence-corrected chi connectivity index (χ3v) is 5.75. The molecule has 4 nitrogen and oxygen atoms in total. The van der Waals surface area contributed by atoms with E-state index in [2.05, 4.69) is 34.1 Å². The van der Waals surface area contributed by atoms with E-state index >= 15 is 0 Å². The van der Waals surface area contributed by atoms with Gasteiger partial charge in [-0.05, 0) is 55.7 Å². The zero-order valence-electron chi connectivity index (χ0n) is 13.1. The molecule has 2 atom stereocenters. The number of carbonyl (C=O) groups excluding carboxylic acids is 1. The summed E-state index contributed by atoms with van der Waals surface area (Å²) in [7, 11) is 0. The number of piperidine rings is 1.